The van der Waals surface area contributed by atoms with Crippen molar-refractivity contribution in [1.29, 1.82) is 0 Å². The number of hydrogen-bond acceptors (Lipinski definition) is 3. The van der Waals surface area contributed by atoms with Gasteiger partial charge in [-0.2, -0.15) is 0 Å². The van der Waals surface area contributed by atoms with Crippen LogP contribution in [0.5, 0.6) is 5.75 Å². The van der Waals surface area contributed by atoms with E-state index in [2.05, 4.69) is 60.4 Å². The van der Waals surface area contributed by atoms with Crippen molar-refractivity contribution in [1.82, 2.24) is 4.90 Å². The summed E-state index contributed by atoms with van der Waals surface area (Å²) in [5.74, 6) is 2.02. The third kappa shape index (κ3) is 3.57. The first-order valence-corrected chi connectivity index (χ1v) is 8.32. The maximum Gasteiger partial charge on any atom is 0.123 e. The van der Waals surface area contributed by atoms with Gasteiger partial charge in [0.2, 0.25) is 0 Å². The molecule has 3 heteroatoms. The third-order valence-electron chi connectivity index (χ3n) is 4.88. The average Bonchev–Trinajstić information content (AvgIpc) is 2.99. The summed E-state index contributed by atoms with van der Waals surface area (Å²) >= 11 is 0. The molecule has 0 saturated carbocycles. The molecule has 3 nitrogen and oxygen atoms in total. The van der Waals surface area contributed by atoms with Crippen molar-refractivity contribution >= 4 is 0 Å². The maximum absolute atomic E-state index is 6.05. The van der Waals surface area contributed by atoms with Crippen LogP contribution < -0.4 is 10.5 Å². The lowest BCUT2D eigenvalue weighted by atomic mass is 9.89. The number of nitrogens with zero attached hydrogens (tertiary/aromatic N) is 1. The second-order valence-corrected chi connectivity index (χ2v) is 6.52. The van der Waals surface area contributed by atoms with Crippen molar-refractivity contribution in [3.63, 3.8) is 0 Å². The second-order valence-electron chi connectivity index (χ2n) is 6.52. The van der Waals surface area contributed by atoms with Crippen LogP contribution in [-0.4, -0.2) is 31.6 Å². The summed E-state index contributed by atoms with van der Waals surface area (Å²) in [6.07, 6.45) is 0. The van der Waals surface area contributed by atoms with Crippen LogP contribution in [0.2, 0.25) is 0 Å². The quantitative estimate of drug-likeness (QED) is 0.922. The van der Waals surface area contributed by atoms with Crippen LogP contribution in [0.25, 0.3) is 0 Å². The van der Waals surface area contributed by atoms with E-state index in [1.807, 2.05) is 0 Å². The average molecular weight is 310 g/mol. The van der Waals surface area contributed by atoms with E-state index < -0.39 is 0 Å². The number of ether oxygens (including phenoxy) is 1. The Labute approximate surface area is 139 Å². The van der Waals surface area contributed by atoms with E-state index in [1.165, 1.54) is 16.7 Å². The largest absolute Gasteiger partial charge is 0.496 e. The Morgan fingerprint density at radius 1 is 1.13 bits per heavy atom. The van der Waals surface area contributed by atoms with Crippen molar-refractivity contribution in [3.05, 3.63) is 65.2 Å². The summed E-state index contributed by atoms with van der Waals surface area (Å²) in [5.41, 5.74) is 9.98. The molecule has 0 bridgehead atoms. The Balaban J connectivity index is 1.77. The minimum atomic E-state index is 0.521. The molecule has 0 aliphatic carbocycles. The zero-order valence-corrected chi connectivity index (χ0v) is 14.0. The van der Waals surface area contributed by atoms with Crippen molar-refractivity contribution in [2.45, 2.75) is 19.4 Å². The molecule has 1 fully saturated rings. The lowest BCUT2D eigenvalue weighted by molar-refractivity contribution is 0.308. The molecule has 0 spiro atoms. The van der Waals surface area contributed by atoms with Gasteiger partial charge >= 0.3 is 0 Å². The molecular weight excluding hydrogens is 284 g/mol. The molecule has 1 heterocycles. The lowest BCUT2D eigenvalue weighted by Crippen LogP contribution is -2.23. The topological polar surface area (TPSA) is 38.5 Å². The monoisotopic (exact) mass is 310 g/mol. The van der Waals surface area contributed by atoms with Crippen LogP contribution in [0.15, 0.2) is 48.5 Å². The number of methoxy groups -OCH3 is 1. The zero-order valence-electron chi connectivity index (χ0n) is 14.0. The van der Waals surface area contributed by atoms with Crippen molar-refractivity contribution in [2.24, 2.45) is 11.7 Å². The van der Waals surface area contributed by atoms with Crippen LogP contribution in [0.1, 0.15) is 22.6 Å². The number of likely N-dealkylation sites (tertiary alicyclic amines) is 1. The first kappa shape index (κ1) is 16.0. The Hall–Kier alpha value is -1.84. The number of nitrogens with two attached hydrogens (primary N) is 1. The minimum absolute atomic E-state index is 0.521. The fraction of sp³-hybridized carbons (Fsp3) is 0.400. The smallest absolute Gasteiger partial charge is 0.123 e. The van der Waals surface area contributed by atoms with Crippen LogP contribution >= 0.6 is 0 Å². The lowest BCUT2D eigenvalue weighted by Gasteiger charge is -2.18. The molecule has 2 atom stereocenters. The SMILES string of the molecule is COc1ccc(C)cc1CN1C[C@@H](CN)[C@H](c2ccccc2)C1. The number of aryl methyl sites for hydroxylation is 1. The van der Waals surface area contributed by atoms with Gasteiger partial charge in [-0.3, -0.25) is 4.90 Å². The van der Waals surface area contributed by atoms with Gasteiger partial charge in [0.25, 0.3) is 0 Å². The molecule has 2 aromatic rings. The van der Waals surface area contributed by atoms with Gasteiger partial charge in [0.1, 0.15) is 5.75 Å². The molecule has 0 radical (unpaired) electrons. The van der Waals surface area contributed by atoms with Crippen LogP contribution in [-0.2, 0) is 6.54 Å². The standard InChI is InChI=1S/C20H26N2O/c1-15-8-9-20(23-2)17(10-15)12-22-13-18(11-21)19(14-22)16-6-4-3-5-7-16/h3-10,18-19H,11-14,21H2,1-2H3/t18-,19+/m1/s1. The summed E-state index contributed by atoms with van der Waals surface area (Å²) in [6, 6.07) is 17.2. The highest BCUT2D eigenvalue weighted by Crippen LogP contribution is 2.33. The van der Waals surface area contributed by atoms with Crippen LogP contribution in [0, 0.1) is 12.8 Å². The summed E-state index contributed by atoms with van der Waals surface area (Å²) in [7, 11) is 1.74. The molecule has 1 aliphatic heterocycles. The molecular formula is C20H26N2O. The van der Waals surface area contributed by atoms with E-state index in [0.717, 1.165) is 31.9 Å². The molecule has 0 unspecified atom stereocenters. The Morgan fingerprint density at radius 2 is 1.91 bits per heavy atom. The fourth-order valence-corrected chi connectivity index (χ4v) is 3.68. The number of benzene rings is 2. The molecule has 3 rings (SSSR count). The van der Waals surface area contributed by atoms with E-state index in [4.69, 9.17) is 10.5 Å². The zero-order chi connectivity index (χ0) is 16.2. The van der Waals surface area contributed by atoms with E-state index >= 15 is 0 Å². The van der Waals surface area contributed by atoms with Crippen molar-refractivity contribution in [2.75, 3.05) is 26.7 Å². The molecule has 0 amide bonds. The molecule has 23 heavy (non-hydrogen) atoms. The third-order valence-corrected chi connectivity index (χ3v) is 4.88. The van der Waals surface area contributed by atoms with Gasteiger partial charge in [-0.25, -0.2) is 0 Å². The van der Waals surface area contributed by atoms with E-state index in [-0.39, 0.29) is 0 Å². The predicted octanol–water partition coefficient (Wildman–Crippen LogP) is 3.18. The van der Waals surface area contributed by atoms with Gasteiger partial charge in [-0.1, -0.05) is 48.0 Å². The van der Waals surface area contributed by atoms with Crippen molar-refractivity contribution < 1.29 is 4.74 Å². The number of rotatable bonds is 5. The van der Waals surface area contributed by atoms with Crippen LogP contribution in [0.3, 0.4) is 0 Å². The summed E-state index contributed by atoms with van der Waals surface area (Å²) < 4.78 is 5.52. The second kappa shape index (κ2) is 7.16. The normalized spacial score (nSPS) is 21.5. The molecule has 2 N–H and O–H groups in total. The molecule has 122 valence electrons. The highest BCUT2D eigenvalue weighted by molar-refractivity contribution is 5.37. The highest BCUT2D eigenvalue weighted by Gasteiger charge is 2.32. The molecule has 1 aliphatic rings. The maximum atomic E-state index is 6.05. The van der Waals surface area contributed by atoms with E-state index in [1.54, 1.807) is 7.11 Å². The Kier molecular flexibility index (Phi) is 4.99. The van der Waals surface area contributed by atoms with Gasteiger partial charge in [-0.05, 0) is 31.0 Å². The Morgan fingerprint density at radius 3 is 2.61 bits per heavy atom. The first-order valence-electron chi connectivity index (χ1n) is 8.32. The Bertz CT molecular complexity index is 641. The summed E-state index contributed by atoms with van der Waals surface area (Å²) in [5, 5.41) is 0. The predicted molar refractivity (Wildman–Crippen MR) is 94.7 cm³/mol. The van der Waals surface area contributed by atoms with Crippen molar-refractivity contribution in [3.8, 4) is 5.75 Å². The van der Waals surface area contributed by atoms with Gasteiger partial charge in [0.05, 0.1) is 7.11 Å². The fourth-order valence-electron chi connectivity index (χ4n) is 3.68. The minimum Gasteiger partial charge on any atom is -0.496 e. The van der Waals surface area contributed by atoms with Gasteiger partial charge in [-0.15, -0.1) is 0 Å². The van der Waals surface area contributed by atoms with E-state index in [0.29, 0.717) is 11.8 Å². The summed E-state index contributed by atoms with van der Waals surface area (Å²) in [6.45, 7) is 5.89. The highest BCUT2D eigenvalue weighted by atomic mass is 16.5. The first-order chi connectivity index (χ1) is 11.2. The van der Waals surface area contributed by atoms with Crippen LogP contribution in [0.4, 0.5) is 0 Å². The van der Waals surface area contributed by atoms with Gasteiger partial charge in [0.15, 0.2) is 0 Å². The number of hydrogen-bond donors (Lipinski definition) is 1. The molecule has 1 saturated heterocycles. The summed E-state index contributed by atoms with van der Waals surface area (Å²) in [4.78, 5) is 2.51. The molecule has 2 aromatic carbocycles. The van der Waals surface area contributed by atoms with Gasteiger partial charge in [0, 0.05) is 31.1 Å². The van der Waals surface area contributed by atoms with Gasteiger partial charge < -0.3 is 10.5 Å². The molecule has 0 aromatic heterocycles. The van der Waals surface area contributed by atoms with E-state index in [9.17, 15) is 0 Å².